The van der Waals surface area contributed by atoms with Gasteiger partial charge in [0.2, 0.25) is 5.91 Å². The smallest absolute Gasteiger partial charge is 0.228 e. The molecule has 0 atom stereocenters. The van der Waals surface area contributed by atoms with Gasteiger partial charge in [-0.25, -0.2) is 4.98 Å². The van der Waals surface area contributed by atoms with Gasteiger partial charge in [0.25, 0.3) is 0 Å². The summed E-state index contributed by atoms with van der Waals surface area (Å²) < 4.78 is 0.925. The molecule has 1 N–H and O–H groups in total. The molecule has 0 unspecified atom stereocenters. The summed E-state index contributed by atoms with van der Waals surface area (Å²) >= 11 is 3.31. The number of carbonyl (C=O) groups excluding carboxylic acids is 1. The summed E-state index contributed by atoms with van der Waals surface area (Å²) in [4.78, 5) is 15.3. The molecule has 1 heterocycles. The second-order valence-corrected chi connectivity index (χ2v) is 4.04. The molecule has 0 aliphatic heterocycles. The van der Waals surface area contributed by atoms with Gasteiger partial charge in [0.15, 0.2) is 0 Å². The van der Waals surface area contributed by atoms with Crippen LogP contribution in [0, 0.1) is 5.92 Å². The molecule has 0 bridgehead atoms. The van der Waals surface area contributed by atoms with E-state index in [1.807, 2.05) is 19.9 Å². The largest absolute Gasteiger partial charge is 0.310 e. The second-order valence-electron chi connectivity index (χ2n) is 3.12. The minimum absolute atomic E-state index is 0.0885. The van der Waals surface area contributed by atoms with E-state index in [2.05, 4.69) is 26.2 Å². The second kappa shape index (κ2) is 5.85. The van der Waals surface area contributed by atoms with Gasteiger partial charge >= 0.3 is 0 Å². The predicted molar refractivity (Wildman–Crippen MR) is 64.6 cm³/mol. The van der Waals surface area contributed by atoms with Crippen LogP contribution < -0.4 is 5.32 Å². The first-order valence-corrected chi connectivity index (χ1v) is 5.97. The van der Waals surface area contributed by atoms with E-state index in [1.54, 1.807) is 12.3 Å². The van der Waals surface area contributed by atoms with Crippen LogP contribution in [0.4, 0.5) is 5.82 Å². The van der Waals surface area contributed by atoms with Gasteiger partial charge in [-0.2, -0.15) is 0 Å². The monoisotopic (exact) mass is 270 g/mol. The molecule has 1 saturated carbocycles. The molecule has 1 fully saturated rings. The molecule has 4 heteroatoms. The molecule has 0 radical (unpaired) electrons. The summed E-state index contributed by atoms with van der Waals surface area (Å²) in [5.41, 5.74) is 0. The van der Waals surface area contributed by atoms with E-state index in [0.29, 0.717) is 5.82 Å². The highest BCUT2D eigenvalue weighted by Crippen LogP contribution is 2.30. The maximum absolute atomic E-state index is 11.3. The number of aromatic nitrogens is 1. The molecule has 0 aromatic carbocycles. The van der Waals surface area contributed by atoms with Crippen LogP contribution in [0.25, 0.3) is 0 Å². The summed E-state index contributed by atoms with van der Waals surface area (Å²) in [6.07, 6.45) is 3.69. The molecule has 0 spiro atoms. The molecule has 1 amide bonds. The number of hydrogen-bond acceptors (Lipinski definition) is 2. The molecule has 1 aromatic heterocycles. The maximum Gasteiger partial charge on any atom is 0.228 e. The van der Waals surface area contributed by atoms with E-state index in [4.69, 9.17) is 0 Å². The van der Waals surface area contributed by atoms with E-state index in [1.165, 1.54) is 0 Å². The van der Waals surface area contributed by atoms with Gasteiger partial charge in [-0.1, -0.05) is 29.8 Å². The highest BCUT2D eigenvalue weighted by Gasteiger charge is 2.29. The van der Waals surface area contributed by atoms with Crippen molar-refractivity contribution in [3.8, 4) is 0 Å². The minimum Gasteiger partial charge on any atom is -0.310 e. The highest BCUT2D eigenvalue weighted by atomic mass is 79.9. The molecule has 0 saturated heterocycles. The molecule has 1 aliphatic carbocycles. The van der Waals surface area contributed by atoms with E-state index in [0.717, 1.165) is 17.3 Å². The van der Waals surface area contributed by atoms with E-state index in [-0.39, 0.29) is 11.8 Å². The summed E-state index contributed by atoms with van der Waals surface area (Å²) in [5, 5.41) is 2.76. The zero-order valence-electron chi connectivity index (χ0n) is 8.96. The van der Waals surface area contributed by atoms with Crippen LogP contribution in [0.5, 0.6) is 0 Å². The maximum atomic E-state index is 11.3. The van der Waals surface area contributed by atoms with Crippen molar-refractivity contribution in [2.24, 2.45) is 5.92 Å². The molecule has 82 valence electrons. The first kappa shape index (κ1) is 12.2. The Morgan fingerprint density at radius 3 is 2.73 bits per heavy atom. The minimum atomic E-state index is 0.0885. The van der Waals surface area contributed by atoms with Crippen molar-refractivity contribution in [3.05, 3.63) is 22.8 Å². The average molecular weight is 271 g/mol. The van der Waals surface area contributed by atoms with Crippen LogP contribution in [0.1, 0.15) is 26.7 Å². The van der Waals surface area contributed by atoms with Crippen molar-refractivity contribution in [2.45, 2.75) is 26.7 Å². The van der Waals surface area contributed by atoms with Crippen molar-refractivity contribution in [1.29, 1.82) is 0 Å². The summed E-state index contributed by atoms with van der Waals surface area (Å²) in [6.45, 7) is 4.00. The van der Waals surface area contributed by atoms with Crippen molar-refractivity contribution >= 4 is 27.7 Å². The van der Waals surface area contributed by atoms with E-state index < -0.39 is 0 Å². The lowest BCUT2D eigenvalue weighted by Gasteiger charge is -2.02. The van der Waals surface area contributed by atoms with Gasteiger partial charge in [0.1, 0.15) is 5.82 Å². The quantitative estimate of drug-likeness (QED) is 0.897. The summed E-state index contributed by atoms with van der Waals surface area (Å²) in [5.74, 6) is 0.928. The van der Waals surface area contributed by atoms with Gasteiger partial charge in [-0.3, -0.25) is 4.79 Å². The third-order valence-electron chi connectivity index (χ3n) is 1.92. The lowest BCUT2D eigenvalue weighted by atomic mass is 10.4. The predicted octanol–water partition coefficient (Wildman–Crippen LogP) is 3.22. The Morgan fingerprint density at radius 2 is 2.20 bits per heavy atom. The lowest BCUT2D eigenvalue weighted by molar-refractivity contribution is -0.117. The van der Waals surface area contributed by atoms with Gasteiger partial charge in [0.05, 0.1) is 0 Å². The Bertz CT molecular complexity index is 337. The molecular formula is C11H15BrN2O. The Morgan fingerprint density at radius 1 is 1.53 bits per heavy atom. The SMILES string of the molecule is CC.O=C(Nc1cc(Br)ccn1)C1CC1. The first-order chi connectivity index (χ1) is 7.25. The fraction of sp³-hybridized carbons (Fsp3) is 0.455. The van der Waals surface area contributed by atoms with Crippen molar-refractivity contribution < 1.29 is 4.79 Å². The number of pyridine rings is 1. The number of halogens is 1. The molecule has 3 nitrogen and oxygen atoms in total. The lowest BCUT2D eigenvalue weighted by Crippen LogP contribution is -2.14. The van der Waals surface area contributed by atoms with Crippen LogP contribution in [-0.4, -0.2) is 10.9 Å². The number of anilines is 1. The van der Waals surface area contributed by atoms with Crippen molar-refractivity contribution in [2.75, 3.05) is 5.32 Å². The topological polar surface area (TPSA) is 42.0 Å². The van der Waals surface area contributed by atoms with E-state index >= 15 is 0 Å². The zero-order chi connectivity index (χ0) is 11.3. The normalized spacial score (nSPS) is 13.8. The third kappa shape index (κ3) is 4.00. The van der Waals surface area contributed by atoms with Crippen molar-refractivity contribution in [1.82, 2.24) is 4.98 Å². The summed E-state index contributed by atoms with van der Waals surface area (Å²) in [7, 11) is 0. The van der Waals surface area contributed by atoms with Gasteiger partial charge in [0, 0.05) is 16.6 Å². The number of amides is 1. The Kier molecular flexibility index (Phi) is 4.75. The van der Waals surface area contributed by atoms with Gasteiger partial charge in [-0.15, -0.1) is 0 Å². The van der Waals surface area contributed by atoms with Crippen molar-refractivity contribution in [3.63, 3.8) is 0 Å². The van der Waals surface area contributed by atoms with E-state index in [9.17, 15) is 4.79 Å². The zero-order valence-corrected chi connectivity index (χ0v) is 10.5. The number of carbonyl (C=O) groups is 1. The number of hydrogen-bond donors (Lipinski definition) is 1. The fourth-order valence-electron chi connectivity index (χ4n) is 1.05. The Labute approximate surface area is 98.4 Å². The van der Waals surface area contributed by atoms with Crippen LogP contribution in [0.15, 0.2) is 22.8 Å². The highest BCUT2D eigenvalue weighted by molar-refractivity contribution is 9.10. The van der Waals surface area contributed by atoms with Gasteiger partial charge < -0.3 is 5.32 Å². The number of nitrogens with one attached hydrogen (secondary N) is 1. The number of nitrogens with zero attached hydrogens (tertiary/aromatic N) is 1. The standard InChI is InChI=1S/C9H9BrN2O.C2H6/c10-7-3-4-11-8(5-7)12-9(13)6-1-2-6;1-2/h3-6H,1-2H2,(H,11,12,13);1-2H3. The molecule has 15 heavy (non-hydrogen) atoms. The van der Waals surface area contributed by atoms with Crippen LogP contribution >= 0.6 is 15.9 Å². The average Bonchev–Trinajstić information content (AvgIpc) is 3.04. The number of rotatable bonds is 2. The third-order valence-corrected chi connectivity index (χ3v) is 2.41. The molecule has 1 aliphatic rings. The summed E-state index contributed by atoms with van der Waals surface area (Å²) in [6, 6.07) is 3.62. The van der Waals surface area contributed by atoms with Gasteiger partial charge in [-0.05, 0) is 25.0 Å². The first-order valence-electron chi connectivity index (χ1n) is 5.18. The molecular weight excluding hydrogens is 256 g/mol. The Balaban J connectivity index is 0.000000531. The Hall–Kier alpha value is -0.900. The van der Waals surface area contributed by atoms with Crippen LogP contribution in [0.3, 0.4) is 0 Å². The van der Waals surface area contributed by atoms with Crippen LogP contribution in [-0.2, 0) is 4.79 Å². The molecule has 1 aromatic rings. The molecule has 2 rings (SSSR count). The fourth-order valence-corrected chi connectivity index (χ4v) is 1.38. The van der Waals surface area contributed by atoms with Crippen LogP contribution in [0.2, 0.25) is 0 Å².